The van der Waals surface area contributed by atoms with Gasteiger partial charge in [0.15, 0.2) is 0 Å². The van der Waals surface area contributed by atoms with Crippen LogP contribution in [0.15, 0.2) is 22.2 Å². The molecule has 1 atom stereocenters. The largest absolute Gasteiger partial charge is 0.309 e. The van der Waals surface area contributed by atoms with Crippen molar-refractivity contribution in [1.29, 1.82) is 0 Å². The van der Waals surface area contributed by atoms with Crippen LogP contribution in [0.2, 0.25) is 0 Å². The summed E-state index contributed by atoms with van der Waals surface area (Å²) in [7, 11) is 0. The molecule has 0 spiro atoms. The number of hydrogen-bond acceptors (Lipinski definition) is 4. The molecular weight excluding hydrogens is 300 g/mol. The minimum absolute atomic E-state index is 0.404. The second kappa shape index (κ2) is 6.28. The summed E-state index contributed by atoms with van der Waals surface area (Å²) in [4.78, 5) is 5.45. The van der Waals surface area contributed by atoms with Crippen LogP contribution >= 0.6 is 27.3 Å². The second-order valence-electron chi connectivity index (χ2n) is 3.85. The van der Waals surface area contributed by atoms with E-state index < -0.39 is 0 Å². The molecule has 0 aliphatic heterocycles. The van der Waals surface area contributed by atoms with Crippen molar-refractivity contribution >= 4 is 27.3 Å². The number of H-pyrrole nitrogens is 1. The van der Waals surface area contributed by atoms with Gasteiger partial charge in [0.25, 0.3) is 0 Å². The van der Waals surface area contributed by atoms with Crippen LogP contribution in [0, 0.1) is 0 Å². The molecule has 2 N–H and O–H groups in total. The highest BCUT2D eigenvalue weighted by Crippen LogP contribution is 2.26. The van der Waals surface area contributed by atoms with Crippen LogP contribution in [-0.4, -0.2) is 21.7 Å². The van der Waals surface area contributed by atoms with Gasteiger partial charge in [-0.2, -0.15) is 5.10 Å². The molecule has 0 amide bonds. The first-order valence-electron chi connectivity index (χ1n) is 5.58. The van der Waals surface area contributed by atoms with Crippen LogP contribution in [0.25, 0.3) is 0 Å². The van der Waals surface area contributed by atoms with Gasteiger partial charge in [-0.25, -0.2) is 4.98 Å². The predicted octanol–water partition coefficient (Wildman–Crippen LogP) is 2.91. The van der Waals surface area contributed by atoms with Crippen molar-refractivity contribution in [3.8, 4) is 0 Å². The fraction of sp³-hybridized carbons (Fsp3) is 0.455. The van der Waals surface area contributed by atoms with Gasteiger partial charge in [-0.3, -0.25) is 5.10 Å². The lowest BCUT2D eigenvalue weighted by Crippen LogP contribution is -2.19. The zero-order valence-corrected chi connectivity index (χ0v) is 12.0. The highest BCUT2D eigenvalue weighted by atomic mass is 79.9. The van der Waals surface area contributed by atoms with Crippen molar-refractivity contribution in [1.82, 2.24) is 20.5 Å². The monoisotopic (exact) mass is 314 g/mol. The van der Waals surface area contributed by atoms with E-state index in [2.05, 4.69) is 55.5 Å². The number of nitrogens with zero attached hydrogens (tertiary/aromatic N) is 2. The van der Waals surface area contributed by atoms with Crippen molar-refractivity contribution in [3.63, 3.8) is 0 Å². The van der Waals surface area contributed by atoms with Gasteiger partial charge in [0, 0.05) is 17.3 Å². The van der Waals surface area contributed by atoms with Gasteiger partial charge in [0.05, 0.1) is 3.79 Å². The number of aromatic amines is 1. The average Bonchev–Trinajstić information content (AvgIpc) is 2.95. The van der Waals surface area contributed by atoms with Crippen LogP contribution in [0.4, 0.5) is 0 Å². The standard InChI is InChI=1S/C11H15BrN4S/c1-8(9-4-5-10(12)17-9)13-6-2-3-11-14-7-15-16-11/h4-5,7-8,13H,2-3,6H2,1H3,(H,14,15,16). The molecule has 4 nitrogen and oxygen atoms in total. The number of rotatable bonds is 6. The highest BCUT2D eigenvalue weighted by Gasteiger charge is 2.06. The third kappa shape index (κ3) is 3.90. The summed E-state index contributed by atoms with van der Waals surface area (Å²) in [6.45, 7) is 3.17. The zero-order valence-electron chi connectivity index (χ0n) is 9.61. The molecule has 0 bridgehead atoms. The van der Waals surface area contributed by atoms with E-state index in [1.54, 1.807) is 17.7 Å². The van der Waals surface area contributed by atoms with E-state index in [1.807, 2.05) is 0 Å². The number of aryl methyl sites for hydroxylation is 1. The Morgan fingerprint density at radius 1 is 1.53 bits per heavy atom. The molecule has 2 aromatic rings. The first-order chi connectivity index (χ1) is 8.25. The van der Waals surface area contributed by atoms with Crippen LogP contribution in [-0.2, 0) is 6.42 Å². The van der Waals surface area contributed by atoms with Crippen molar-refractivity contribution in [2.24, 2.45) is 0 Å². The number of thiophene rings is 1. The van der Waals surface area contributed by atoms with Crippen LogP contribution in [0.3, 0.4) is 0 Å². The summed E-state index contributed by atoms with van der Waals surface area (Å²) < 4.78 is 1.18. The van der Waals surface area contributed by atoms with E-state index in [-0.39, 0.29) is 0 Å². The molecule has 17 heavy (non-hydrogen) atoms. The van der Waals surface area contributed by atoms with E-state index in [4.69, 9.17) is 0 Å². The first-order valence-corrected chi connectivity index (χ1v) is 7.19. The molecule has 2 heterocycles. The Morgan fingerprint density at radius 2 is 2.41 bits per heavy atom. The van der Waals surface area contributed by atoms with Crippen LogP contribution in [0.5, 0.6) is 0 Å². The number of aromatic nitrogens is 3. The molecule has 1 unspecified atom stereocenters. The third-order valence-electron chi connectivity index (χ3n) is 2.53. The van der Waals surface area contributed by atoms with Gasteiger partial charge in [-0.1, -0.05) is 0 Å². The molecule has 0 saturated heterocycles. The van der Waals surface area contributed by atoms with Crippen molar-refractivity contribution in [2.75, 3.05) is 6.54 Å². The van der Waals surface area contributed by atoms with E-state index in [0.29, 0.717) is 6.04 Å². The maximum Gasteiger partial charge on any atom is 0.137 e. The summed E-state index contributed by atoms with van der Waals surface area (Å²) >= 11 is 5.26. The van der Waals surface area contributed by atoms with Gasteiger partial charge < -0.3 is 5.32 Å². The Hall–Kier alpha value is -0.720. The van der Waals surface area contributed by atoms with E-state index in [9.17, 15) is 0 Å². The van der Waals surface area contributed by atoms with Crippen molar-refractivity contribution in [2.45, 2.75) is 25.8 Å². The van der Waals surface area contributed by atoms with Gasteiger partial charge in [-0.15, -0.1) is 11.3 Å². The fourth-order valence-electron chi connectivity index (χ4n) is 1.59. The lowest BCUT2D eigenvalue weighted by atomic mass is 10.2. The predicted molar refractivity (Wildman–Crippen MR) is 73.1 cm³/mol. The Kier molecular flexibility index (Phi) is 4.70. The molecule has 2 rings (SSSR count). The summed E-state index contributed by atoms with van der Waals surface area (Å²) in [6.07, 6.45) is 3.55. The Labute approximate surface area is 113 Å². The molecule has 0 aliphatic carbocycles. The zero-order chi connectivity index (χ0) is 12.1. The minimum Gasteiger partial charge on any atom is -0.309 e. The van der Waals surface area contributed by atoms with Gasteiger partial charge in [0.1, 0.15) is 12.2 Å². The minimum atomic E-state index is 0.404. The average molecular weight is 315 g/mol. The molecule has 2 aromatic heterocycles. The molecule has 0 saturated carbocycles. The highest BCUT2D eigenvalue weighted by molar-refractivity contribution is 9.11. The van der Waals surface area contributed by atoms with E-state index in [0.717, 1.165) is 25.2 Å². The first kappa shape index (κ1) is 12.7. The lowest BCUT2D eigenvalue weighted by Gasteiger charge is -2.11. The lowest BCUT2D eigenvalue weighted by molar-refractivity contribution is 0.561. The topological polar surface area (TPSA) is 53.6 Å². The smallest absolute Gasteiger partial charge is 0.137 e. The third-order valence-corrected chi connectivity index (χ3v) is 4.33. The number of halogens is 1. The molecule has 6 heteroatoms. The second-order valence-corrected chi connectivity index (χ2v) is 6.35. The Balaban J connectivity index is 1.68. The fourth-order valence-corrected chi connectivity index (χ4v) is 3.04. The van der Waals surface area contributed by atoms with Gasteiger partial charge in [-0.05, 0) is 48.0 Å². The Bertz CT molecular complexity index is 440. The SMILES string of the molecule is CC(NCCCc1ncn[nH]1)c1ccc(Br)s1. The van der Waals surface area contributed by atoms with Crippen LogP contribution in [0.1, 0.15) is 30.1 Å². The summed E-state index contributed by atoms with van der Waals surface area (Å²) in [6, 6.07) is 4.65. The molecular formula is C11H15BrN4S. The molecule has 0 aliphatic rings. The van der Waals surface area contributed by atoms with E-state index >= 15 is 0 Å². The van der Waals surface area contributed by atoms with Gasteiger partial charge >= 0.3 is 0 Å². The molecule has 0 radical (unpaired) electrons. The van der Waals surface area contributed by atoms with Crippen molar-refractivity contribution in [3.05, 3.63) is 32.9 Å². The quantitative estimate of drug-likeness (QED) is 0.806. The number of nitrogens with one attached hydrogen (secondary N) is 2. The maximum atomic E-state index is 4.10. The molecule has 92 valence electrons. The Morgan fingerprint density at radius 3 is 3.06 bits per heavy atom. The number of hydrogen-bond donors (Lipinski definition) is 2. The maximum absolute atomic E-state index is 4.10. The summed E-state index contributed by atoms with van der Waals surface area (Å²) in [5.41, 5.74) is 0. The normalized spacial score (nSPS) is 12.8. The molecule has 0 aromatic carbocycles. The summed E-state index contributed by atoms with van der Waals surface area (Å²) in [5.74, 6) is 0.957. The van der Waals surface area contributed by atoms with Crippen LogP contribution < -0.4 is 5.32 Å². The molecule has 0 fully saturated rings. The van der Waals surface area contributed by atoms with Crippen molar-refractivity contribution < 1.29 is 0 Å². The van der Waals surface area contributed by atoms with E-state index in [1.165, 1.54) is 8.66 Å². The van der Waals surface area contributed by atoms with Gasteiger partial charge in [0.2, 0.25) is 0 Å². The summed E-state index contributed by atoms with van der Waals surface area (Å²) in [5, 5.41) is 10.2.